The van der Waals surface area contributed by atoms with E-state index in [1.54, 1.807) is 7.11 Å². The number of hydrogen-bond acceptors (Lipinski definition) is 3. The minimum absolute atomic E-state index is 0.0545. The molecule has 19 heavy (non-hydrogen) atoms. The lowest BCUT2D eigenvalue weighted by Gasteiger charge is -2.27. The molecule has 1 aromatic heterocycles. The summed E-state index contributed by atoms with van der Waals surface area (Å²) in [4.78, 5) is 0. The molecule has 0 aliphatic heterocycles. The van der Waals surface area contributed by atoms with E-state index in [-0.39, 0.29) is 5.41 Å². The maximum atomic E-state index is 5.48. The molecule has 0 aliphatic carbocycles. The molecule has 0 aliphatic rings. The third-order valence-electron chi connectivity index (χ3n) is 3.40. The Morgan fingerprint density at radius 1 is 1.42 bits per heavy atom. The number of ether oxygens (including phenoxy) is 1. The van der Waals surface area contributed by atoms with Gasteiger partial charge in [-0.05, 0) is 19.4 Å². The second-order valence-electron chi connectivity index (χ2n) is 6.03. The second-order valence-corrected chi connectivity index (χ2v) is 6.03. The first kappa shape index (κ1) is 16.0. The van der Waals surface area contributed by atoms with E-state index in [9.17, 15) is 0 Å². The van der Waals surface area contributed by atoms with Gasteiger partial charge in [-0.1, -0.05) is 34.6 Å². The summed E-state index contributed by atoms with van der Waals surface area (Å²) in [5.74, 6) is 0.906. The van der Waals surface area contributed by atoms with Gasteiger partial charge in [-0.25, -0.2) is 0 Å². The van der Waals surface area contributed by atoms with Crippen LogP contribution in [0.3, 0.4) is 0 Å². The van der Waals surface area contributed by atoms with Crippen molar-refractivity contribution in [3.63, 3.8) is 0 Å². The highest BCUT2D eigenvalue weighted by molar-refractivity contribution is 5.31. The lowest BCUT2D eigenvalue weighted by atomic mass is 9.85. The van der Waals surface area contributed by atoms with Crippen LogP contribution >= 0.6 is 0 Å². The molecule has 1 N–H and O–H groups in total. The first-order chi connectivity index (χ1) is 8.92. The highest BCUT2D eigenvalue weighted by Gasteiger charge is 2.28. The molecule has 0 spiro atoms. The number of nitrogens with one attached hydrogen (secondary N) is 1. The largest absolute Gasteiger partial charge is 0.493 e. The fourth-order valence-corrected chi connectivity index (χ4v) is 2.37. The van der Waals surface area contributed by atoms with Gasteiger partial charge in [0.1, 0.15) is 0 Å². The fraction of sp³-hybridized carbons (Fsp3) is 0.800. The van der Waals surface area contributed by atoms with Crippen LogP contribution in [0.4, 0.5) is 0 Å². The summed E-state index contributed by atoms with van der Waals surface area (Å²) in [7, 11) is 1.72. The Bertz CT molecular complexity index is 383. The Morgan fingerprint density at radius 3 is 2.63 bits per heavy atom. The van der Waals surface area contributed by atoms with Gasteiger partial charge in [0.05, 0.1) is 19.0 Å². The van der Waals surface area contributed by atoms with Crippen LogP contribution in [0.2, 0.25) is 0 Å². The number of nitrogens with zero attached hydrogens (tertiary/aromatic N) is 2. The van der Waals surface area contributed by atoms with E-state index >= 15 is 0 Å². The summed E-state index contributed by atoms with van der Waals surface area (Å²) in [5.41, 5.74) is 1.27. The van der Waals surface area contributed by atoms with Crippen molar-refractivity contribution in [1.29, 1.82) is 0 Å². The van der Waals surface area contributed by atoms with Crippen molar-refractivity contribution in [2.24, 2.45) is 0 Å². The number of methoxy groups -OCH3 is 1. The van der Waals surface area contributed by atoms with Crippen LogP contribution in [0.25, 0.3) is 0 Å². The predicted molar refractivity (Wildman–Crippen MR) is 79.9 cm³/mol. The van der Waals surface area contributed by atoms with Crippen LogP contribution in [0.1, 0.15) is 53.2 Å². The standard InChI is InChI=1S/C15H29N3O/c1-7-10-18-14(13(19-6)11-17-18)15(4,5)8-9-16-12(2)3/h11-12,16H,7-10H2,1-6H3. The lowest BCUT2D eigenvalue weighted by molar-refractivity contribution is 0.360. The van der Waals surface area contributed by atoms with E-state index in [2.05, 4.69) is 49.7 Å². The fourth-order valence-electron chi connectivity index (χ4n) is 2.37. The van der Waals surface area contributed by atoms with Gasteiger partial charge in [-0.3, -0.25) is 4.68 Å². The summed E-state index contributed by atoms with van der Waals surface area (Å²) in [6.45, 7) is 13.0. The van der Waals surface area contributed by atoms with E-state index < -0.39 is 0 Å². The molecule has 0 saturated carbocycles. The highest BCUT2D eigenvalue weighted by atomic mass is 16.5. The predicted octanol–water partition coefficient (Wildman–Crippen LogP) is 2.97. The molecular formula is C15H29N3O. The van der Waals surface area contributed by atoms with Crippen molar-refractivity contribution in [2.75, 3.05) is 13.7 Å². The molecule has 0 radical (unpaired) electrons. The van der Waals surface area contributed by atoms with Crippen molar-refractivity contribution >= 4 is 0 Å². The van der Waals surface area contributed by atoms with E-state index in [0.717, 1.165) is 31.7 Å². The Balaban J connectivity index is 2.87. The number of aryl methyl sites for hydroxylation is 1. The Labute approximate surface area is 117 Å². The zero-order valence-corrected chi connectivity index (χ0v) is 13.3. The maximum Gasteiger partial charge on any atom is 0.160 e. The molecule has 4 heteroatoms. The molecule has 0 fully saturated rings. The summed E-state index contributed by atoms with van der Waals surface area (Å²) in [5, 5.41) is 7.94. The van der Waals surface area contributed by atoms with Crippen molar-refractivity contribution in [2.45, 2.75) is 65.5 Å². The molecule has 0 aromatic carbocycles. The zero-order chi connectivity index (χ0) is 14.5. The van der Waals surface area contributed by atoms with E-state index in [1.807, 2.05) is 6.20 Å². The molecule has 1 aromatic rings. The third kappa shape index (κ3) is 4.23. The molecular weight excluding hydrogens is 238 g/mol. The van der Waals surface area contributed by atoms with Crippen LogP contribution in [0.5, 0.6) is 5.75 Å². The van der Waals surface area contributed by atoms with Gasteiger partial charge in [-0.2, -0.15) is 5.10 Å². The van der Waals surface area contributed by atoms with E-state index in [0.29, 0.717) is 6.04 Å². The Kier molecular flexibility index (Phi) is 5.85. The summed E-state index contributed by atoms with van der Waals surface area (Å²) in [6.07, 6.45) is 3.98. The van der Waals surface area contributed by atoms with Gasteiger partial charge in [0, 0.05) is 18.0 Å². The van der Waals surface area contributed by atoms with Gasteiger partial charge in [-0.15, -0.1) is 0 Å². The molecule has 0 atom stereocenters. The quantitative estimate of drug-likeness (QED) is 0.787. The van der Waals surface area contributed by atoms with Gasteiger partial charge in [0.2, 0.25) is 0 Å². The third-order valence-corrected chi connectivity index (χ3v) is 3.40. The van der Waals surface area contributed by atoms with Gasteiger partial charge in [0.15, 0.2) is 5.75 Å². The van der Waals surface area contributed by atoms with Crippen LogP contribution in [0.15, 0.2) is 6.20 Å². The van der Waals surface area contributed by atoms with Crippen molar-refractivity contribution in [1.82, 2.24) is 15.1 Å². The molecule has 0 amide bonds. The molecule has 1 rings (SSSR count). The molecule has 0 bridgehead atoms. The summed E-state index contributed by atoms with van der Waals surface area (Å²) >= 11 is 0. The van der Waals surface area contributed by atoms with Crippen LogP contribution in [-0.2, 0) is 12.0 Å². The van der Waals surface area contributed by atoms with Crippen molar-refractivity contribution < 1.29 is 4.74 Å². The van der Waals surface area contributed by atoms with Gasteiger partial charge < -0.3 is 10.1 Å². The minimum Gasteiger partial charge on any atom is -0.493 e. The molecule has 110 valence electrons. The minimum atomic E-state index is 0.0545. The topological polar surface area (TPSA) is 39.1 Å². The van der Waals surface area contributed by atoms with Gasteiger partial charge in [0.25, 0.3) is 0 Å². The Hall–Kier alpha value is -1.03. The summed E-state index contributed by atoms with van der Waals surface area (Å²) in [6, 6.07) is 0.526. The smallest absolute Gasteiger partial charge is 0.160 e. The van der Waals surface area contributed by atoms with Crippen LogP contribution in [0, 0.1) is 0 Å². The second kappa shape index (κ2) is 6.94. The molecule has 0 saturated heterocycles. The van der Waals surface area contributed by atoms with Crippen molar-refractivity contribution in [3.8, 4) is 5.75 Å². The normalized spacial score (nSPS) is 12.2. The zero-order valence-electron chi connectivity index (χ0n) is 13.3. The van der Waals surface area contributed by atoms with Crippen molar-refractivity contribution in [3.05, 3.63) is 11.9 Å². The van der Waals surface area contributed by atoms with E-state index in [1.165, 1.54) is 5.69 Å². The maximum absolute atomic E-state index is 5.48. The van der Waals surface area contributed by atoms with E-state index in [4.69, 9.17) is 4.74 Å². The number of hydrogen-bond donors (Lipinski definition) is 1. The first-order valence-electron chi connectivity index (χ1n) is 7.26. The van der Waals surface area contributed by atoms with Crippen LogP contribution in [-0.4, -0.2) is 29.5 Å². The molecule has 4 nitrogen and oxygen atoms in total. The van der Waals surface area contributed by atoms with Crippen LogP contribution < -0.4 is 10.1 Å². The number of rotatable bonds is 8. The lowest BCUT2D eigenvalue weighted by Crippen LogP contribution is -2.31. The highest BCUT2D eigenvalue weighted by Crippen LogP contribution is 2.34. The monoisotopic (exact) mass is 267 g/mol. The Morgan fingerprint density at radius 2 is 2.11 bits per heavy atom. The SMILES string of the molecule is CCCn1ncc(OC)c1C(C)(C)CCNC(C)C. The number of aromatic nitrogens is 2. The average Bonchev–Trinajstić information content (AvgIpc) is 2.72. The summed E-state index contributed by atoms with van der Waals surface area (Å²) < 4.78 is 7.57. The molecule has 0 unspecified atom stereocenters. The molecule has 1 heterocycles. The first-order valence-corrected chi connectivity index (χ1v) is 7.26. The average molecular weight is 267 g/mol. The van der Waals surface area contributed by atoms with Gasteiger partial charge >= 0.3 is 0 Å².